The normalized spacial score (nSPS) is 20.9. The third-order valence-corrected chi connectivity index (χ3v) is 3.75. The van der Waals surface area contributed by atoms with Crippen LogP contribution in [0, 0.1) is 5.92 Å². The van der Waals surface area contributed by atoms with E-state index >= 15 is 0 Å². The summed E-state index contributed by atoms with van der Waals surface area (Å²) in [4.78, 5) is 14.3. The second-order valence-electron chi connectivity index (χ2n) is 5.88. The quantitative estimate of drug-likeness (QED) is 0.847. The second-order valence-corrected chi connectivity index (χ2v) is 5.88. The average Bonchev–Trinajstić information content (AvgIpc) is 2.84. The number of rotatable bonds is 5. The second kappa shape index (κ2) is 10.0. The van der Waals surface area contributed by atoms with Crippen LogP contribution in [0.5, 0.6) is 0 Å². The van der Waals surface area contributed by atoms with Crippen molar-refractivity contribution in [2.45, 2.75) is 38.3 Å². The van der Waals surface area contributed by atoms with Crippen LogP contribution >= 0.6 is 24.8 Å². The zero-order valence-corrected chi connectivity index (χ0v) is 14.8. The van der Waals surface area contributed by atoms with E-state index in [1.165, 1.54) is 0 Å². The van der Waals surface area contributed by atoms with E-state index in [4.69, 9.17) is 5.73 Å². The summed E-state index contributed by atoms with van der Waals surface area (Å²) < 4.78 is 1.85. The van der Waals surface area contributed by atoms with Gasteiger partial charge in [-0.3, -0.25) is 9.48 Å². The van der Waals surface area contributed by atoms with E-state index in [0.717, 1.165) is 38.8 Å². The molecule has 1 fully saturated rings. The highest BCUT2D eigenvalue weighted by Crippen LogP contribution is 2.24. The molecule has 0 aliphatic heterocycles. The van der Waals surface area contributed by atoms with Crippen LogP contribution in [-0.4, -0.2) is 47.3 Å². The predicted octanol–water partition coefficient (Wildman–Crippen LogP) is 1.74. The van der Waals surface area contributed by atoms with Crippen molar-refractivity contribution in [2.75, 3.05) is 26.0 Å². The highest BCUT2D eigenvalue weighted by atomic mass is 35.5. The van der Waals surface area contributed by atoms with Gasteiger partial charge >= 0.3 is 0 Å². The number of halogens is 2. The first-order valence-electron chi connectivity index (χ1n) is 7.29. The first-order valence-corrected chi connectivity index (χ1v) is 7.29. The Balaban J connectivity index is 0.00000220. The molecule has 0 aromatic carbocycles. The number of carbonyl (C=O) groups is 1. The largest absolute Gasteiger partial charge is 0.328 e. The highest BCUT2D eigenvalue weighted by molar-refractivity contribution is 5.91. The smallest absolute Gasteiger partial charge is 0.228 e. The van der Waals surface area contributed by atoms with Gasteiger partial charge in [-0.15, -0.1) is 24.8 Å². The zero-order chi connectivity index (χ0) is 14.5. The lowest BCUT2D eigenvalue weighted by Crippen LogP contribution is -2.34. The Morgan fingerprint density at radius 1 is 1.45 bits per heavy atom. The summed E-state index contributed by atoms with van der Waals surface area (Å²) in [6.45, 7) is 1.74. The fourth-order valence-corrected chi connectivity index (χ4v) is 2.55. The molecule has 2 unspecified atom stereocenters. The van der Waals surface area contributed by atoms with Gasteiger partial charge in [-0.1, -0.05) is 6.42 Å². The van der Waals surface area contributed by atoms with Gasteiger partial charge in [-0.2, -0.15) is 5.10 Å². The number of carbonyl (C=O) groups excluding carboxylic acids is 1. The first-order chi connectivity index (χ1) is 9.54. The molecule has 2 atom stereocenters. The molecular formula is C14H27Cl2N5O. The van der Waals surface area contributed by atoms with Crippen LogP contribution in [0.15, 0.2) is 12.3 Å². The molecular weight excluding hydrogens is 325 g/mol. The maximum atomic E-state index is 12.2. The van der Waals surface area contributed by atoms with Gasteiger partial charge in [0, 0.05) is 30.8 Å². The molecule has 22 heavy (non-hydrogen) atoms. The molecule has 1 amide bonds. The van der Waals surface area contributed by atoms with E-state index in [0.29, 0.717) is 5.82 Å². The van der Waals surface area contributed by atoms with Crippen molar-refractivity contribution in [1.29, 1.82) is 0 Å². The Morgan fingerprint density at radius 2 is 2.18 bits per heavy atom. The van der Waals surface area contributed by atoms with Crippen LogP contribution in [0.3, 0.4) is 0 Å². The lowest BCUT2D eigenvalue weighted by Gasteiger charge is -2.25. The Morgan fingerprint density at radius 3 is 2.82 bits per heavy atom. The monoisotopic (exact) mass is 351 g/mol. The number of likely N-dealkylation sites (N-methyl/N-ethyl adjacent to an activating group) is 1. The molecule has 1 aliphatic rings. The summed E-state index contributed by atoms with van der Waals surface area (Å²) in [5.74, 6) is 0.719. The summed E-state index contributed by atoms with van der Waals surface area (Å²) in [6.07, 6.45) is 5.68. The van der Waals surface area contributed by atoms with Crippen LogP contribution in [0.4, 0.5) is 5.82 Å². The van der Waals surface area contributed by atoms with Gasteiger partial charge in [-0.05, 0) is 33.4 Å². The van der Waals surface area contributed by atoms with E-state index < -0.39 is 0 Å². The minimum Gasteiger partial charge on any atom is -0.328 e. The van der Waals surface area contributed by atoms with Gasteiger partial charge in [0.05, 0.1) is 6.54 Å². The van der Waals surface area contributed by atoms with Gasteiger partial charge < -0.3 is 16.0 Å². The molecule has 1 aromatic rings. The molecule has 2 rings (SSSR count). The summed E-state index contributed by atoms with van der Waals surface area (Å²) in [6, 6.07) is 2.01. The average molecular weight is 352 g/mol. The van der Waals surface area contributed by atoms with Gasteiger partial charge in [0.2, 0.25) is 5.91 Å². The van der Waals surface area contributed by atoms with Crippen LogP contribution in [0.2, 0.25) is 0 Å². The van der Waals surface area contributed by atoms with Crippen LogP contribution in [0.1, 0.15) is 25.7 Å². The molecule has 0 radical (unpaired) electrons. The van der Waals surface area contributed by atoms with E-state index in [-0.39, 0.29) is 42.7 Å². The van der Waals surface area contributed by atoms with Gasteiger partial charge in [0.1, 0.15) is 0 Å². The minimum absolute atomic E-state index is 0. The van der Waals surface area contributed by atoms with Crippen molar-refractivity contribution in [2.24, 2.45) is 11.7 Å². The lowest BCUT2D eigenvalue weighted by molar-refractivity contribution is -0.120. The fraction of sp³-hybridized carbons (Fsp3) is 0.714. The number of hydrogen-bond acceptors (Lipinski definition) is 4. The number of anilines is 1. The summed E-state index contributed by atoms with van der Waals surface area (Å²) in [5, 5.41) is 7.26. The highest BCUT2D eigenvalue weighted by Gasteiger charge is 2.25. The SMILES string of the molecule is CN(C)CCn1ccc(NC(=O)C2CCCC(N)C2)n1.Cl.Cl. The van der Waals surface area contributed by atoms with Crippen LogP contribution in [-0.2, 0) is 11.3 Å². The minimum atomic E-state index is 0. The van der Waals surface area contributed by atoms with Crippen molar-refractivity contribution in [3.63, 3.8) is 0 Å². The number of aromatic nitrogens is 2. The van der Waals surface area contributed by atoms with Gasteiger partial charge in [0.15, 0.2) is 5.82 Å². The number of nitrogens with zero attached hydrogens (tertiary/aromatic N) is 3. The van der Waals surface area contributed by atoms with Crippen LogP contribution < -0.4 is 11.1 Å². The van der Waals surface area contributed by atoms with E-state index in [9.17, 15) is 4.79 Å². The van der Waals surface area contributed by atoms with Crippen molar-refractivity contribution >= 4 is 36.5 Å². The lowest BCUT2D eigenvalue weighted by atomic mass is 9.85. The standard InChI is InChI=1S/C14H25N5O.2ClH/c1-18(2)8-9-19-7-6-13(17-19)16-14(20)11-4-3-5-12(15)10-11;;/h6-7,11-12H,3-5,8-10,15H2,1-2H3,(H,16,17,20);2*1H. The molecule has 3 N–H and O–H groups in total. The zero-order valence-electron chi connectivity index (χ0n) is 13.2. The van der Waals surface area contributed by atoms with Gasteiger partial charge in [0.25, 0.3) is 0 Å². The Bertz CT molecular complexity index is 452. The third-order valence-electron chi connectivity index (χ3n) is 3.75. The molecule has 0 saturated heterocycles. The maximum absolute atomic E-state index is 12.2. The van der Waals surface area contributed by atoms with E-state index in [1.54, 1.807) is 0 Å². The number of nitrogens with two attached hydrogens (primary N) is 1. The Hall–Kier alpha value is -0.820. The van der Waals surface area contributed by atoms with E-state index in [2.05, 4.69) is 15.3 Å². The van der Waals surface area contributed by atoms with Gasteiger partial charge in [-0.25, -0.2) is 0 Å². The molecule has 0 bridgehead atoms. The van der Waals surface area contributed by atoms with Crippen molar-refractivity contribution in [3.05, 3.63) is 12.3 Å². The predicted molar refractivity (Wildman–Crippen MR) is 93.8 cm³/mol. The molecule has 0 spiro atoms. The van der Waals surface area contributed by atoms with Crippen molar-refractivity contribution in [3.8, 4) is 0 Å². The maximum Gasteiger partial charge on any atom is 0.228 e. The molecule has 1 heterocycles. The summed E-state index contributed by atoms with van der Waals surface area (Å²) in [5.41, 5.74) is 5.92. The molecule has 1 saturated carbocycles. The molecule has 6 nitrogen and oxygen atoms in total. The van der Waals surface area contributed by atoms with Crippen molar-refractivity contribution in [1.82, 2.24) is 14.7 Å². The third kappa shape index (κ3) is 6.52. The number of hydrogen-bond donors (Lipinski definition) is 2. The first kappa shape index (κ1) is 21.2. The van der Waals surface area contributed by atoms with Crippen molar-refractivity contribution < 1.29 is 4.79 Å². The van der Waals surface area contributed by atoms with E-state index in [1.807, 2.05) is 31.0 Å². The topological polar surface area (TPSA) is 76.2 Å². The molecule has 128 valence electrons. The Labute approximate surface area is 144 Å². The Kier molecular flexibility index (Phi) is 9.67. The number of amides is 1. The summed E-state index contributed by atoms with van der Waals surface area (Å²) >= 11 is 0. The molecule has 1 aromatic heterocycles. The summed E-state index contributed by atoms with van der Waals surface area (Å²) in [7, 11) is 4.05. The van der Waals surface area contributed by atoms with Crippen LogP contribution in [0.25, 0.3) is 0 Å². The molecule has 8 heteroatoms. The molecule has 1 aliphatic carbocycles. The fourth-order valence-electron chi connectivity index (χ4n) is 2.55. The number of nitrogens with one attached hydrogen (secondary N) is 1.